The zero-order valence-corrected chi connectivity index (χ0v) is 11.1. The molecule has 0 radical (unpaired) electrons. The van der Waals surface area contributed by atoms with Gasteiger partial charge in [-0.15, -0.1) is 0 Å². The molecule has 0 aromatic heterocycles. The van der Waals surface area contributed by atoms with Crippen LogP contribution in [0.25, 0.3) is 0 Å². The lowest BCUT2D eigenvalue weighted by Crippen LogP contribution is -2.30. The normalized spacial score (nSPS) is 19.7. The van der Waals surface area contributed by atoms with E-state index in [0.29, 0.717) is 19.8 Å². The summed E-state index contributed by atoms with van der Waals surface area (Å²) in [5, 5.41) is 2.94. The summed E-state index contributed by atoms with van der Waals surface area (Å²) in [6, 6.07) is 8.15. The van der Waals surface area contributed by atoms with Gasteiger partial charge in [-0.25, -0.2) is 0 Å². The Labute approximate surface area is 109 Å². The molecule has 1 fully saturated rings. The molecule has 16 heavy (non-hydrogen) atoms. The van der Waals surface area contributed by atoms with Crippen molar-refractivity contribution in [1.29, 1.82) is 0 Å². The van der Waals surface area contributed by atoms with Crippen LogP contribution in [0.15, 0.2) is 24.3 Å². The minimum absolute atomic E-state index is 0.0452. The Hall–Kier alpha value is -0.620. The monoisotopic (exact) mass is 331 g/mol. The summed E-state index contributed by atoms with van der Waals surface area (Å²) < 4.78 is 6.39. The molecule has 1 atom stereocenters. The number of carbonyl (C=O) groups is 1. The van der Waals surface area contributed by atoms with Crippen molar-refractivity contribution in [2.75, 3.05) is 13.2 Å². The lowest BCUT2D eigenvalue weighted by atomic mass is 10.1. The summed E-state index contributed by atoms with van der Waals surface area (Å²) in [6.45, 7) is 1.88. The van der Waals surface area contributed by atoms with Gasteiger partial charge in [0.2, 0.25) is 5.91 Å². The number of hydrogen-bond donors (Lipinski definition) is 1. The molecule has 1 heterocycles. The van der Waals surface area contributed by atoms with E-state index in [1.54, 1.807) is 0 Å². The van der Waals surface area contributed by atoms with Crippen LogP contribution in [0.5, 0.6) is 0 Å². The Balaban J connectivity index is 1.82. The zero-order chi connectivity index (χ0) is 11.4. The van der Waals surface area contributed by atoms with Crippen LogP contribution in [0, 0.1) is 9.49 Å². The number of ether oxygens (including phenoxy) is 1. The van der Waals surface area contributed by atoms with Gasteiger partial charge in [0.25, 0.3) is 0 Å². The Morgan fingerprint density at radius 3 is 2.81 bits per heavy atom. The van der Waals surface area contributed by atoms with Gasteiger partial charge in [0, 0.05) is 16.7 Å². The van der Waals surface area contributed by atoms with E-state index in [4.69, 9.17) is 4.74 Å². The van der Waals surface area contributed by atoms with Gasteiger partial charge < -0.3 is 10.1 Å². The molecule has 86 valence electrons. The standard InChI is InChI=1S/C12H14INO2/c13-11-3-1-9(2-4-11)7-14-12(15)10-5-6-16-8-10/h1-4,10H,5-8H2,(H,14,15). The first kappa shape index (κ1) is 11.9. The summed E-state index contributed by atoms with van der Waals surface area (Å²) in [4.78, 5) is 11.7. The van der Waals surface area contributed by atoms with E-state index in [1.807, 2.05) is 24.3 Å². The van der Waals surface area contributed by atoms with Gasteiger partial charge >= 0.3 is 0 Å². The van der Waals surface area contributed by atoms with Crippen molar-refractivity contribution in [2.45, 2.75) is 13.0 Å². The highest BCUT2D eigenvalue weighted by Crippen LogP contribution is 2.12. The number of rotatable bonds is 3. The fourth-order valence-corrected chi connectivity index (χ4v) is 2.04. The van der Waals surface area contributed by atoms with E-state index in [-0.39, 0.29) is 11.8 Å². The molecule has 1 saturated heterocycles. The third kappa shape index (κ3) is 3.18. The number of benzene rings is 1. The van der Waals surface area contributed by atoms with Crippen molar-refractivity contribution in [3.05, 3.63) is 33.4 Å². The summed E-state index contributed by atoms with van der Waals surface area (Å²) in [6.07, 6.45) is 0.846. The second-order valence-corrected chi connectivity index (χ2v) is 5.15. The molecule has 0 aliphatic carbocycles. The Morgan fingerprint density at radius 1 is 1.44 bits per heavy atom. The number of hydrogen-bond acceptors (Lipinski definition) is 2. The average molecular weight is 331 g/mol. The zero-order valence-electron chi connectivity index (χ0n) is 8.91. The average Bonchev–Trinajstić information content (AvgIpc) is 2.81. The molecular formula is C12H14INO2. The Bertz CT molecular complexity index is 358. The van der Waals surface area contributed by atoms with Crippen molar-refractivity contribution in [3.63, 3.8) is 0 Å². The minimum atomic E-state index is 0.0452. The Morgan fingerprint density at radius 2 is 2.19 bits per heavy atom. The third-order valence-corrected chi connectivity index (χ3v) is 3.40. The van der Waals surface area contributed by atoms with Gasteiger partial charge in [-0.1, -0.05) is 12.1 Å². The van der Waals surface area contributed by atoms with Gasteiger partial charge in [-0.3, -0.25) is 4.79 Å². The molecule has 0 saturated carbocycles. The predicted molar refractivity (Wildman–Crippen MR) is 69.9 cm³/mol. The molecule has 1 aromatic carbocycles. The SMILES string of the molecule is O=C(NCc1ccc(I)cc1)C1CCOC1. The first-order valence-corrected chi connectivity index (χ1v) is 6.43. The van der Waals surface area contributed by atoms with Gasteiger partial charge in [-0.05, 0) is 46.7 Å². The van der Waals surface area contributed by atoms with Crippen molar-refractivity contribution in [2.24, 2.45) is 5.92 Å². The highest BCUT2D eigenvalue weighted by molar-refractivity contribution is 14.1. The molecule has 1 unspecified atom stereocenters. The molecule has 0 spiro atoms. The molecule has 0 bridgehead atoms. The minimum Gasteiger partial charge on any atom is -0.381 e. The van der Waals surface area contributed by atoms with Crippen LogP contribution < -0.4 is 5.32 Å². The van der Waals surface area contributed by atoms with Crippen LogP contribution in [0.4, 0.5) is 0 Å². The summed E-state index contributed by atoms with van der Waals surface area (Å²) in [7, 11) is 0. The van der Waals surface area contributed by atoms with E-state index in [9.17, 15) is 4.79 Å². The van der Waals surface area contributed by atoms with Crippen molar-refractivity contribution in [3.8, 4) is 0 Å². The number of carbonyl (C=O) groups excluding carboxylic acids is 1. The van der Waals surface area contributed by atoms with Crippen LogP contribution >= 0.6 is 22.6 Å². The van der Waals surface area contributed by atoms with Gasteiger partial charge in [0.15, 0.2) is 0 Å². The summed E-state index contributed by atoms with van der Waals surface area (Å²) in [5.74, 6) is 0.153. The predicted octanol–water partition coefficient (Wildman–Crippen LogP) is 1.94. The van der Waals surface area contributed by atoms with Crippen LogP contribution in [-0.2, 0) is 16.1 Å². The van der Waals surface area contributed by atoms with Crippen LogP contribution in [-0.4, -0.2) is 19.1 Å². The van der Waals surface area contributed by atoms with E-state index in [0.717, 1.165) is 12.0 Å². The molecule has 1 amide bonds. The quantitative estimate of drug-likeness (QED) is 0.860. The lowest BCUT2D eigenvalue weighted by molar-refractivity contribution is -0.125. The second kappa shape index (κ2) is 5.63. The molecule has 3 nitrogen and oxygen atoms in total. The Kier molecular flexibility index (Phi) is 4.17. The van der Waals surface area contributed by atoms with Gasteiger partial charge in [0.05, 0.1) is 12.5 Å². The van der Waals surface area contributed by atoms with Crippen LogP contribution in [0.2, 0.25) is 0 Å². The molecule has 1 N–H and O–H groups in total. The van der Waals surface area contributed by atoms with Crippen LogP contribution in [0.1, 0.15) is 12.0 Å². The fraction of sp³-hybridized carbons (Fsp3) is 0.417. The summed E-state index contributed by atoms with van der Waals surface area (Å²) >= 11 is 2.27. The maximum absolute atomic E-state index is 11.7. The topological polar surface area (TPSA) is 38.3 Å². The molecule has 1 aliphatic rings. The molecule has 2 rings (SSSR count). The summed E-state index contributed by atoms with van der Waals surface area (Å²) in [5.41, 5.74) is 1.13. The smallest absolute Gasteiger partial charge is 0.225 e. The molecule has 1 aliphatic heterocycles. The third-order valence-electron chi connectivity index (χ3n) is 2.68. The van der Waals surface area contributed by atoms with Crippen molar-refractivity contribution in [1.82, 2.24) is 5.32 Å². The highest BCUT2D eigenvalue weighted by atomic mass is 127. The first-order chi connectivity index (χ1) is 7.75. The first-order valence-electron chi connectivity index (χ1n) is 5.35. The lowest BCUT2D eigenvalue weighted by Gasteiger charge is -2.09. The van der Waals surface area contributed by atoms with E-state index < -0.39 is 0 Å². The maximum atomic E-state index is 11.7. The van der Waals surface area contributed by atoms with E-state index >= 15 is 0 Å². The van der Waals surface area contributed by atoms with E-state index in [1.165, 1.54) is 3.57 Å². The number of halogens is 1. The maximum Gasteiger partial charge on any atom is 0.225 e. The largest absolute Gasteiger partial charge is 0.381 e. The molecular weight excluding hydrogens is 317 g/mol. The van der Waals surface area contributed by atoms with Crippen LogP contribution in [0.3, 0.4) is 0 Å². The van der Waals surface area contributed by atoms with Gasteiger partial charge in [0.1, 0.15) is 0 Å². The number of amides is 1. The fourth-order valence-electron chi connectivity index (χ4n) is 1.68. The molecule has 1 aromatic rings. The van der Waals surface area contributed by atoms with Crippen molar-refractivity contribution < 1.29 is 9.53 Å². The van der Waals surface area contributed by atoms with Gasteiger partial charge in [-0.2, -0.15) is 0 Å². The van der Waals surface area contributed by atoms with E-state index in [2.05, 4.69) is 27.9 Å². The van der Waals surface area contributed by atoms with Crippen molar-refractivity contribution >= 4 is 28.5 Å². The molecule has 4 heteroatoms. The second-order valence-electron chi connectivity index (χ2n) is 3.90. The highest BCUT2D eigenvalue weighted by Gasteiger charge is 2.22. The number of nitrogens with one attached hydrogen (secondary N) is 1.